The molecule has 0 atom stereocenters. The largest absolute Gasteiger partial charge is 0.355 e. The van der Waals surface area contributed by atoms with E-state index in [0.717, 1.165) is 0 Å². The van der Waals surface area contributed by atoms with Crippen LogP contribution in [0.2, 0.25) is 0 Å². The van der Waals surface area contributed by atoms with E-state index in [9.17, 15) is 14.4 Å². The number of benzene rings is 1. The van der Waals surface area contributed by atoms with Crippen LogP contribution in [0, 0.1) is 0 Å². The van der Waals surface area contributed by atoms with E-state index in [0.29, 0.717) is 17.4 Å². The standard InChI is InChI=1S/C13H14N4O3/c1-8(18)14-6-7-15-12(19)11-9-4-2-3-5-10(9)16-13(20)17-11/h2-5H,6-7H2,1H3,(H,14,18)(H,15,19)(H,16,17,20). The molecule has 0 saturated heterocycles. The first kappa shape index (κ1) is 13.7. The fourth-order valence-electron chi connectivity index (χ4n) is 1.77. The van der Waals surface area contributed by atoms with Crippen molar-refractivity contribution in [2.75, 3.05) is 13.1 Å². The van der Waals surface area contributed by atoms with Crippen LogP contribution in [-0.4, -0.2) is 34.9 Å². The molecular weight excluding hydrogens is 260 g/mol. The summed E-state index contributed by atoms with van der Waals surface area (Å²) in [7, 11) is 0. The molecule has 0 bridgehead atoms. The number of para-hydroxylation sites is 1. The van der Waals surface area contributed by atoms with E-state index in [1.807, 2.05) is 0 Å². The molecular formula is C13H14N4O3. The summed E-state index contributed by atoms with van der Waals surface area (Å²) in [5.74, 6) is -0.614. The van der Waals surface area contributed by atoms with Crippen LogP contribution in [0.4, 0.5) is 0 Å². The zero-order valence-electron chi connectivity index (χ0n) is 10.9. The molecule has 3 N–H and O–H groups in total. The molecule has 1 heterocycles. The van der Waals surface area contributed by atoms with Crippen molar-refractivity contribution < 1.29 is 9.59 Å². The smallest absolute Gasteiger partial charge is 0.346 e. The van der Waals surface area contributed by atoms with Gasteiger partial charge in [0.15, 0.2) is 0 Å². The first-order valence-corrected chi connectivity index (χ1v) is 6.09. The van der Waals surface area contributed by atoms with Crippen LogP contribution < -0.4 is 16.3 Å². The quantitative estimate of drug-likeness (QED) is 0.671. The maximum atomic E-state index is 12.0. The molecule has 2 amide bonds. The molecule has 1 aromatic heterocycles. The van der Waals surface area contributed by atoms with Gasteiger partial charge in [-0.2, -0.15) is 4.98 Å². The van der Waals surface area contributed by atoms with Crippen molar-refractivity contribution in [3.05, 3.63) is 40.4 Å². The van der Waals surface area contributed by atoms with Crippen molar-refractivity contribution in [3.8, 4) is 0 Å². The van der Waals surface area contributed by atoms with Crippen LogP contribution in [0.25, 0.3) is 10.9 Å². The van der Waals surface area contributed by atoms with Crippen LogP contribution in [-0.2, 0) is 4.79 Å². The molecule has 1 aromatic carbocycles. The number of hydrogen-bond donors (Lipinski definition) is 3. The number of hydrogen-bond acceptors (Lipinski definition) is 4. The molecule has 0 aliphatic rings. The van der Waals surface area contributed by atoms with E-state index < -0.39 is 11.6 Å². The summed E-state index contributed by atoms with van der Waals surface area (Å²) in [5, 5.41) is 5.74. The number of H-pyrrole nitrogens is 1. The number of aromatic nitrogens is 2. The number of aromatic amines is 1. The van der Waals surface area contributed by atoms with Gasteiger partial charge in [-0.1, -0.05) is 18.2 Å². The van der Waals surface area contributed by atoms with Crippen LogP contribution in [0.5, 0.6) is 0 Å². The van der Waals surface area contributed by atoms with Crippen molar-refractivity contribution in [2.24, 2.45) is 0 Å². The fourth-order valence-corrected chi connectivity index (χ4v) is 1.77. The van der Waals surface area contributed by atoms with Crippen molar-refractivity contribution in [2.45, 2.75) is 6.92 Å². The third-order valence-electron chi connectivity index (χ3n) is 2.64. The Morgan fingerprint density at radius 2 is 1.90 bits per heavy atom. The average Bonchev–Trinajstić information content (AvgIpc) is 2.42. The van der Waals surface area contributed by atoms with Crippen LogP contribution >= 0.6 is 0 Å². The summed E-state index contributed by atoms with van der Waals surface area (Å²) >= 11 is 0. The van der Waals surface area contributed by atoms with E-state index in [2.05, 4.69) is 20.6 Å². The maximum Gasteiger partial charge on any atom is 0.346 e. The minimum Gasteiger partial charge on any atom is -0.355 e. The lowest BCUT2D eigenvalue weighted by molar-refractivity contribution is -0.118. The van der Waals surface area contributed by atoms with Gasteiger partial charge >= 0.3 is 5.69 Å². The predicted molar refractivity (Wildman–Crippen MR) is 73.4 cm³/mol. The molecule has 0 unspecified atom stereocenters. The number of rotatable bonds is 4. The molecule has 0 spiro atoms. The molecule has 2 rings (SSSR count). The molecule has 0 saturated carbocycles. The zero-order chi connectivity index (χ0) is 14.5. The van der Waals surface area contributed by atoms with Crippen molar-refractivity contribution in [1.29, 1.82) is 0 Å². The summed E-state index contributed by atoms with van der Waals surface area (Å²) in [5.41, 5.74) is 0.0578. The lowest BCUT2D eigenvalue weighted by Crippen LogP contribution is -2.34. The van der Waals surface area contributed by atoms with Gasteiger partial charge in [0.25, 0.3) is 5.91 Å². The molecule has 20 heavy (non-hydrogen) atoms. The lowest BCUT2D eigenvalue weighted by Gasteiger charge is -2.07. The van der Waals surface area contributed by atoms with Gasteiger partial charge in [0.05, 0.1) is 5.52 Å². The number of amides is 2. The highest BCUT2D eigenvalue weighted by Crippen LogP contribution is 2.12. The second-order valence-electron chi connectivity index (χ2n) is 4.18. The number of carbonyl (C=O) groups is 2. The third-order valence-corrected chi connectivity index (χ3v) is 2.64. The van der Waals surface area contributed by atoms with E-state index in [-0.39, 0.29) is 18.1 Å². The molecule has 0 fully saturated rings. The molecule has 104 valence electrons. The normalized spacial score (nSPS) is 10.2. The second-order valence-corrected chi connectivity index (χ2v) is 4.18. The number of nitrogens with zero attached hydrogens (tertiary/aromatic N) is 1. The van der Waals surface area contributed by atoms with Crippen molar-refractivity contribution >= 4 is 22.7 Å². The van der Waals surface area contributed by atoms with Gasteiger partial charge in [-0.3, -0.25) is 9.59 Å². The van der Waals surface area contributed by atoms with Crippen molar-refractivity contribution in [3.63, 3.8) is 0 Å². The predicted octanol–water partition coefficient (Wildman–Crippen LogP) is -0.211. The number of carbonyl (C=O) groups excluding carboxylic acids is 2. The Bertz CT molecular complexity index is 708. The Hall–Kier alpha value is -2.70. The van der Waals surface area contributed by atoms with Gasteiger partial charge in [0, 0.05) is 25.4 Å². The highest BCUT2D eigenvalue weighted by molar-refractivity contribution is 6.04. The molecule has 0 aliphatic heterocycles. The Labute approximate surface area is 114 Å². The summed E-state index contributed by atoms with van der Waals surface area (Å²) in [6.07, 6.45) is 0. The van der Waals surface area contributed by atoms with Gasteiger partial charge in [-0.05, 0) is 6.07 Å². The lowest BCUT2D eigenvalue weighted by atomic mass is 10.2. The zero-order valence-corrected chi connectivity index (χ0v) is 10.9. The van der Waals surface area contributed by atoms with Gasteiger partial charge in [-0.15, -0.1) is 0 Å². The molecule has 0 aliphatic carbocycles. The van der Waals surface area contributed by atoms with Gasteiger partial charge in [0.1, 0.15) is 5.69 Å². The summed E-state index contributed by atoms with van der Waals surface area (Å²) in [6, 6.07) is 6.93. The van der Waals surface area contributed by atoms with E-state index in [4.69, 9.17) is 0 Å². The highest BCUT2D eigenvalue weighted by Gasteiger charge is 2.12. The third kappa shape index (κ3) is 3.19. The number of nitrogens with one attached hydrogen (secondary N) is 3. The Morgan fingerprint density at radius 1 is 1.20 bits per heavy atom. The van der Waals surface area contributed by atoms with Crippen LogP contribution in [0.15, 0.2) is 29.1 Å². The summed E-state index contributed by atoms with van der Waals surface area (Å²) in [6.45, 7) is 1.98. The fraction of sp³-hybridized carbons (Fsp3) is 0.231. The topological polar surface area (TPSA) is 104 Å². The summed E-state index contributed by atoms with van der Waals surface area (Å²) in [4.78, 5) is 40.4. The minimum absolute atomic E-state index is 0.0761. The van der Waals surface area contributed by atoms with Gasteiger partial charge < -0.3 is 15.6 Å². The van der Waals surface area contributed by atoms with E-state index in [1.54, 1.807) is 24.3 Å². The number of fused-ring (bicyclic) bond motifs is 1. The Kier molecular flexibility index (Phi) is 4.09. The SMILES string of the molecule is CC(=O)NCCNC(=O)c1nc(=O)[nH]c2ccccc12. The van der Waals surface area contributed by atoms with E-state index in [1.165, 1.54) is 6.92 Å². The van der Waals surface area contributed by atoms with Crippen LogP contribution in [0.1, 0.15) is 17.4 Å². The first-order chi connectivity index (χ1) is 9.58. The molecule has 0 radical (unpaired) electrons. The summed E-state index contributed by atoms with van der Waals surface area (Å²) < 4.78 is 0. The monoisotopic (exact) mass is 274 g/mol. The van der Waals surface area contributed by atoms with Crippen molar-refractivity contribution in [1.82, 2.24) is 20.6 Å². The molecule has 7 nitrogen and oxygen atoms in total. The molecule has 2 aromatic rings. The Balaban J connectivity index is 2.17. The average molecular weight is 274 g/mol. The maximum absolute atomic E-state index is 12.0. The highest BCUT2D eigenvalue weighted by atomic mass is 16.2. The Morgan fingerprint density at radius 3 is 2.65 bits per heavy atom. The van der Waals surface area contributed by atoms with E-state index >= 15 is 0 Å². The van der Waals surface area contributed by atoms with Gasteiger partial charge in [-0.25, -0.2) is 4.79 Å². The second kappa shape index (κ2) is 5.96. The van der Waals surface area contributed by atoms with Gasteiger partial charge in [0.2, 0.25) is 5.91 Å². The molecule has 7 heteroatoms. The minimum atomic E-state index is -0.573. The van der Waals surface area contributed by atoms with Crippen LogP contribution in [0.3, 0.4) is 0 Å². The first-order valence-electron chi connectivity index (χ1n) is 6.09.